The monoisotopic (exact) mass is 440 g/mol. The molecule has 2 aromatic rings. The number of ether oxygens (including phenoxy) is 2. The highest BCUT2D eigenvalue weighted by molar-refractivity contribution is 6.35. The van der Waals surface area contributed by atoms with E-state index in [1.165, 1.54) is 6.07 Å². The lowest BCUT2D eigenvalue weighted by Gasteiger charge is -2.15. The van der Waals surface area contributed by atoms with Crippen LogP contribution in [0.2, 0.25) is 10.0 Å². The maximum absolute atomic E-state index is 12.2. The Morgan fingerprint density at radius 1 is 1.07 bits per heavy atom. The molecule has 0 saturated carbocycles. The molecule has 2 rings (SSSR count). The SMILES string of the molecule is COc1ccc(CCNC(CC(=O)Nc2cc(Cl)ccc2Cl)C(=O)O)cc1OC. The van der Waals surface area contributed by atoms with Crippen LogP contribution >= 0.6 is 23.2 Å². The summed E-state index contributed by atoms with van der Waals surface area (Å²) in [5.41, 5.74) is 1.27. The van der Waals surface area contributed by atoms with Gasteiger partial charge >= 0.3 is 5.97 Å². The number of hydrogen-bond donors (Lipinski definition) is 3. The van der Waals surface area contributed by atoms with Gasteiger partial charge in [0, 0.05) is 5.02 Å². The lowest BCUT2D eigenvalue weighted by molar-refractivity contribution is -0.141. The summed E-state index contributed by atoms with van der Waals surface area (Å²) in [7, 11) is 3.10. The summed E-state index contributed by atoms with van der Waals surface area (Å²) in [6, 6.07) is 9.07. The average molecular weight is 441 g/mol. The molecule has 29 heavy (non-hydrogen) atoms. The Hall–Kier alpha value is -2.48. The van der Waals surface area contributed by atoms with Gasteiger partial charge in [0.2, 0.25) is 5.91 Å². The Bertz CT molecular complexity index is 876. The fraction of sp³-hybridized carbons (Fsp3) is 0.300. The minimum absolute atomic E-state index is 0.260. The molecule has 9 heteroatoms. The minimum Gasteiger partial charge on any atom is -0.493 e. The number of nitrogens with one attached hydrogen (secondary N) is 2. The molecule has 7 nitrogen and oxygen atoms in total. The Morgan fingerprint density at radius 2 is 1.79 bits per heavy atom. The van der Waals surface area contributed by atoms with Gasteiger partial charge < -0.3 is 25.2 Å². The molecule has 156 valence electrons. The molecule has 1 atom stereocenters. The van der Waals surface area contributed by atoms with Crippen LogP contribution in [0.3, 0.4) is 0 Å². The summed E-state index contributed by atoms with van der Waals surface area (Å²) in [6.45, 7) is 0.359. The summed E-state index contributed by atoms with van der Waals surface area (Å²) >= 11 is 11.9. The van der Waals surface area contributed by atoms with Gasteiger partial charge in [-0.15, -0.1) is 0 Å². The van der Waals surface area contributed by atoms with Crippen molar-refractivity contribution in [2.75, 3.05) is 26.1 Å². The van der Waals surface area contributed by atoms with Gasteiger partial charge in [-0.2, -0.15) is 0 Å². The number of amides is 1. The predicted octanol–water partition coefficient (Wildman–Crippen LogP) is 3.62. The molecule has 0 bridgehead atoms. The number of hydrogen-bond acceptors (Lipinski definition) is 5. The maximum Gasteiger partial charge on any atom is 0.321 e. The van der Waals surface area contributed by atoms with Crippen LogP contribution in [0.15, 0.2) is 36.4 Å². The predicted molar refractivity (Wildman–Crippen MR) is 112 cm³/mol. The first-order valence-electron chi connectivity index (χ1n) is 8.76. The summed E-state index contributed by atoms with van der Waals surface area (Å²) in [4.78, 5) is 23.7. The van der Waals surface area contributed by atoms with Crippen molar-refractivity contribution in [3.63, 3.8) is 0 Å². The van der Waals surface area contributed by atoms with Gasteiger partial charge in [-0.05, 0) is 48.9 Å². The molecule has 0 aliphatic carbocycles. The highest BCUT2D eigenvalue weighted by Gasteiger charge is 2.21. The first-order chi connectivity index (χ1) is 13.8. The van der Waals surface area contributed by atoms with E-state index >= 15 is 0 Å². The van der Waals surface area contributed by atoms with Crippen molar-refractivity contribution in [1.29, 1.82) is 0 Å². The zero-order chi connectivity index (χ0) is 21.4. The third-order valence-corrected chi connectivity index (χ3v) is 4.71. The molecule has 0 spiro atoms. The number of halogens is 2. The van der Waals surface area contributed by atoms with Crippen LogP contribution in [0.5, 0.6) is 11.5 Å². The average Bonchev–Trinajstić information content (AvgIpc) is 2.69. The molecule has 0 aromatic heterocycles. The number of anilines is 1. The molecule has 0 aliphatic heterocycles. The minimum atomic E-state index is -1.12. The first kappa shape index (κ1) is 22.8. The normalized spacial score (nSPS) is 11.6. The van der Waals surface area contributed by atoms with E-state index in [1.54, 1.807) is 32.4 Å². The van der Waals surface area contributed by atoms with Gasteiger partial charge in [0.05, 0.1) is 31.4 Å². The van der Waals surface area contributed by atoms with Crippen molar-refractivity contribution in [2.24, 2.45) is 0 Å². The standard InChI is InChI=1S/C20H22Cl2N2O5/c1-28-17-6-3-12(9-18(17)29-2)7-8-23-16(20(26)27)11-19(25)24-15-10-13(21)4-5-14(15)22/h3-6,9-10,16,23H,7-8,11H2,1-2H3,(H,24,25)(H,26,27). The fourth-order valence-electron chi connectivity index (χ4n) is 2.65. The zero-order valence-electron chi connectivity index (χ0n) is 16.0. The van der Waals surface area contributed by atoms with E-state index in [4.69, 9.17) is 32.7 Å². The fourth-order valence-corrected chi connectivity index (χ4v) is 2.99. The number of methoxy groups -OCH3 is 2. The molecule has 2 aromatic carbocycles. The number of carbonyl (C=O) groups is 2. The number of aliphatic carboxylic acids is 1. The van der Waals surface area contributed by atoms with Crippen LogP contribution in [0.25, 0.3) is 0 Å². The number of benzene rings is 2. The third-order valence-electron chi connectivity index (χ3n) is 4.14. The van der Waals surface area contributed by atoms with Gasteiger partial charge in [0.25, 0.3) is 0 Å². The Balaban J connectivity index is 1.92. The molecular formula is C20H22Cl2N2O5. The van der Waals surface area contributed by atoms with E-state index in [0.717, 1.165) is 5.56 Å². The van der Waals surface area contributed by atoms with Gasteiger partial charge in [0.15, 0.2) is 11.5 Å². The Morgan fingerprint density at radius 3 is 2.45 bits per heavy atom. The molecule has 1 unspecified atom stereocenters. The maximum atomic E-state index is 12.2. The van der Waals surface area contributed by atoms with E-state index < -0.39 is 17.9 Å². The van der Waals surface area contributed by atoms with E-state index in [1.807, 2.05) is 12.1 Å². The Kier molecular flexibility index (Phi) is 8.57. The summed E-state index contributed by atoms with van der Waals surface area (Å²) in [6.07, 6.45) is 0.288. The molecule has 0 saturated heterocycles. The first-order valence-corrected chi connectivity index (χ1v) is 9.51. The molecule has 0 fully saturated rings. The van der Waals surface area contributed by atoms with Crippen LogP contribution in [-0.4, -0.2) is 43.8 Å². The van der Waals surface area contributed by atoms with Crippen molar-refractivity contribution in [3.05, 3.63) is 52.0 Å². The van der Waals surface area contributed by atoms with Crippen LogP contribution in [-0.2, 0) is 16.0 Å². The second-order valence-electron chi connectivity index (χ2n) is 6.16. The number of rotatable bonds is 10. The summed E-state index contributed by atoms with van der Waals surface area (Å²) in [5, 5.41) is 15.6. The number of carboxylic acids is 1. The molecule has 1 amide bonds. The topological polar surface area (TPSA) is 96.9 Å². The van der Waals surface area contributed by atoms with E-state index in [-0.39, 0.29) is 6.42 Å². The highest BCUT2D eigenvalue weighted by atomic mass is 35.5. The van der Waals surface area contributed by atoms with E-state index in [0.29, 0.717) is 40.2 Å². The van der Waals surface area contributed by atoms with E-state index in [9.17, 15) is 14.7 Å². The van der Waals surface area contributed by atoms with Gasteiger partial charge in [-0.3, -0.25) is 9.59 Å². The van der Waals surface area contributed by atoms with Crippen LogP contribution < -0.4 is 20.1 Å². The third kappa shape index (κ3) is 6.81. The highest BCUT2D eigenvalue weighted by Crippen LogP contribution is 2.28. The molecule has 0 aliphatic rings. The van der Waals surface area contributed by atoms with Crippen molar-refractivity contribution < 1.29 is 24.2 Å². The van der Waals surface area contributed by atoms with E-state index in [2.05, 4.69) is 10.6 Å². The summed E-state index contributed by atoms with van der Waals surface area (Å²) in [5.74, 6) is -0.397. The summed E-state index contributed by atoms with van der Waals surface area (Å²) < 4.78 is 10.5. The molecule has 3 N–H and O–H groups in total. The lowest BCUT2D eigenvalue weighted by Crippen LogP contribution is -2.40. The number of carboxylic acid groups (broad SMARTS) is 1. The lowest BCUT2D eigenvalue weighted by atomic mass is 10.1. The zero-order valence-corrected chi connectivity index (χ0v) is 17.5. The van der Waals surface area contributed by atoms with Crippen molar-refractivity contribution in [2.45, 2.75) is 18.9 Å². The van der Waals surface area contributed by atoms with Crippen molar-refractivity contribution in [1.82, 2.24) is 5.32 Å². The van der Waals surface area contributed by atoms with Gasteiger partial charge in [-0.25, -0.2) is 0 Å². The van der Waals surface area contributed by atoms with Gasteiger partial charge in [0.1, 0.15) is 6.04 Å². The Labute approximate surface area is 178 Å². The molecule has 0 heterocycles. The second kappa shape index (κ2) is 10.9. The quantitative estimate of drug-likeness (QED) is 0.521. The van der Waals surface area contributed by atoms with Gasteiger partial charge in [-0.1, -0.05) is 29.3 Å². The van der Waals surface area contributed by atoms with Crippen molar-refractivity contribution in [3.8, 4) is 11.5 Å². The van der Waals surface area contributed by atoms with Crippen LogP contribution in [0, 0.1) is 0 Å². The van der Waals surface area contributed by atoms with Crippen molar-refractivity contribution >= 4 is 40.8 Å². The smallest absolute Gasteiger partial charge is 0.321 e. The second-order valence-corrected chi connectivity index (χ2v) is 7.00. The molecular weight excluding hydrogens is 419 g/mol. The van der Waals surface area contributed by atoms with Crippen LogP contribution in [0.4, 0.5) is 5.69 Å². The number of carbonyl (C=O) groups excluding carboxylic acids is 1. The van der Waals surface area contributed by atoms with Crippen LogP contribution in [0.1, 0.15) is 12.0 Å². The molecule has 0 radical (unpaired) electrons. The largest absolute Gasteiger partial charge is 0.493 e.